The minimum atomic E-state index is -0.784. The Labute approximate surface area is 260 Å². The molecule has 1 unspecified atom stereocenters. The van der Waals surface area contributed by atoms with Gasteiger partial charge in [-0.3, -0.25) is 14.5 Å². The highest BCUT2D eigenvalue weighted by molar-refractivity contribution is 5.91. The van der Waals surface area contributed by atoms with E-state index < -0.39 is 29.9 Å². The summed E-state index contributed by atoms with van der Waals surface area (Å²) in [6.45, 7) is 11.1. The molecule has 2 aromatic carbocycles. The first-order valence-corrected chi connectivity index (χ1v) is 15.7. The summed E-state index contributed by atoms with van der Waals surface area (Å²) in [6.07, 6.45) is 0.888. The van der Waals surface area contributed by atoms with E-state index in [2.05, 4.69) is 34.9 Å². The van der Waals surface area contributed by atoms with Crippen LogP contribution in [-0.4, -0.2) is 84.3 Å². The lowest BCUT2D eigenvalue weighted by atomic mass is 9.98. The van der Waals surface area contributed by atoms with Crippen molar-refractivity contribution in [1.82, 2.24) is 20.4 Å². The fraction of sp³-hybridized carbons (Fsp3) is 0.529. The van der Waals surface area contributed by atoms with Crippen LogP contribution in [0.3, 0.4) is 0 Å². The fourth-order valence-electron chi connectivity index (χ4n) is 6.01. The first-order chi connectivity index (χ1) is 21.0. The van der Waals surface area contributed by atoms with Crippen LogP contribution in [0.5, 0.6) is 0 Å². The van der Waals surface area contributed by atoms with Gasteiger partial charge in [-0.2, -0.15) is 0 Å². The number of hydrogen-bond acceptors (Lipinski definition) is 6. The monoisotopic (exact) mass is 606 g/mol. The van der Waals surface area contributed by atoms with Crippen LogP contribution in [0.15, 0.2) is 48.5 Å². The number of likely N-dealkylation sites (tertiary alicyclic amines) is 1. The standard InChI is InChI=1S/C34H46N4O6/c1-6-37(7-2)31(40)28(36-30(39)29-19-13-21-38(29)33(42)44-34(3,4)5)18-12-20-35-32(41)43-22-27-25-16-10-8-14-23(25)24-15-9-11-17-26(24)27/h8-11,14-17,27-29H,6-7,12-13,18-22H2,1-5H3,(H,35,41)(H,36,39)/t28-,29?/m0/s1. The van der Waals surface area contributed by atoms with Gasteiger partial charge in [0, 0.05) is 32.1 Å². The lowest BCUT2D eigenvalue weighted by Gasteiger charge is -2.30. The number of amides is 4. The van der Waals surface area contributed by atoms with Crippen molar-refractivity contribution in [3.63, 3.8) is 0 Å². The van der Waals surface area contributed by atoms with Gasteiger partial charge in [-0.1, -0.05) is 48.5 Å². The van der Waals surface area contributed by atoms with Crippen LogP contribution in [-0.2, 0) is 19.1 Å². The van der Waals surface area contributed by atoms with Crippen molar-refractivity contribution in [3.8, 4) is 11.1 Å². The highest BCUT2D eigenvalue weighted by Crippen LogP contribution is 2.44. The summed E-state index contributed by atoms with van der Waals surface area (Å²) in [5.74, 6) is -0.593. The maximum atomic E-state index is 13.3. The van der Waals surface area contributed by atoms with Gasteiger partial charge in [0.25, 0.3) is 0 Å². The van der Waals surface area contributed by atoms with E-state index in [-0.39, 0.29) is 30.9 Å². The molecule has 1 aliphatic heterocycles. The molecule has 0 radical (unpaired) electrons. The maximum Gasteiger partial charge on any atom is 0.410 e. The Morgan fingerprint density at radius 3 is 2.18 bits per heavy atom. The largest absolute Gasteiger partial charge is 0.449 e. The number of rotatable bonds is 11. The Hall–Kier alpha value is -4.08. The fourth-order valence-corrected chi connectivity index (χ4v) is 6.01. The molecule has 4 amide bonds. The van der Waals surface area contributed by atoms with Gasteiger partial charge < -0.3 is 25.0 Å². The lowest BCUT2D eigenvalue weighted by Crippen LogP contribution is -2.54. The molecular formula is C34H46N4O6. The molecule has 1 aliphatic carbocycles. The molecule has 1 saturated heterocycles. The van der Waals surface area contributed by atoms with E-state index in [1.165, 1.54) is 4.90 Å². The predicted octanol–water partition coefficient (Wildman–Crippen LogP) is 5.06. The summed E-state index contributed by atoms with van der Waals surface area (Å²) < 4.78 is 11.1. The molecular weight excluding hydrogens is 560 g/mol. The summed E-state index contributed by atoms with van der Waals surface area (Å²) >= 11 is 0. The molecule has 2 aromatic rings. The number of likely N-dealkylation sites (N-methyl/N-ethyl adjacent to an activating group) is 1. The third kappa shape index (κ3) is 7.89. The van der Waals surface area contributed by atoms with E-state index in [0.29, 0.717) is 45.3 Å². The zero-order valence-corrected chi connectivity index (χ0v) is 26.6. The summed E-state index contributed by atoms with van der Waals surface area (Å²) in [6, 6.07) is 14.8. The van der Waals surface area contributed by atoms with E-state index >= 15 is 0 Å². The summed E-state index contributed by atoms with van der Waals surface area (Å²) in [5.41, 5.74) is 3.93. The third-order valence-electron chi connectivity index (χ3n) is 8.16. The molecule has 2 aliphatic rings. The van der Waals surface area contributed by atoms with Crippen molar-refractivity contribution < 1.29 is 28.7 Å². The quantitative estimate of drug-likeness (QED) is 0.346. The van der Waals surface area contributed by atoms with Crippen LogP contribution in [0.25, 0.3) is 11.1 Å². The van der Waals surface area contributed by atoms with Gasteiger partial charge in [0.1, 0.15) is 24.3 Å². The van der Waals surface area contributed by atoms with Crippen LogP contribution >= 0.6 is 0 Å². The molecule has 2 atom stereocenters. The van der Waals surface area contributed by atoms with Gasteiger partial charge in [0.2, 0.25) is 11.8 Å². The van der Waals surface area contributed by atoms with E-state index in [1.54, 1.807) is 25.7 Å². The van der Waals surface area contributed by atoms with Crippen LogP contribution in [0.1, 0.15) is 77.3 Å². The highest BCUT2D eigenvalue weighted by Gasteiger charge is 2.38. The highest BCUT2D eigenvalue weighted by atomic mass is 16.6. The average Bonchev–Trinajstić information content (AvgIpc) is 3.61. The van der Waals surface area contributed by atoms with Crippen molar-refractivity contribution in [1.29, 1.82) is 0 Å². The third-order valence-corrected chi connectivity index (χ3v) is 8.16. The summed E-state index contributed by atoms with van der Waals surface area (Å²) in [5, 5.41) is 5.69. The second kappa shape index (κ2) is 14.6. The zero-order chi connectivity index (χ0) is 31.9. The van der Waals surface area contributed by atoms with Crippen LogP contribution < -0.4 is 10.6 Å². The Bertz CT molecular complexity index is 1290. The lowest BCUT2D eigenvalue weighted by molar-refractivity contribution is -0.137. The minimum Gasteiger partial charge on any atom is -0.449 e. The SMILES string of the molecule is CCN(CC)C(=O)[C@H](CCCNC(=O)OCC1c2ccccc2-c2ccccc21)NC(=O)C1CCCN1C(=O)OC(C)(C)C. The molecule has 0 spiro atoms. The molecule has 44 heavy (non-hydrogen) atoms. The number of nitrogens with zero attached hydrogens (tertiary/aromatic N) is 2. The molecule has 1 heterocycles. The second-order valence-corrected chi connectivity index (χ2v) is 12.3. The van der Waals surface area contributed by atoms with Crippen molar-refractivity contribution >= 4 is 24.0 Å². The van der Waals surface area contributed by atoms with E-state index in [9.17, 15) is 19.2 Å². The molecule has 4 rings (SSSR count). The summed E-state index contributed by atoms with van der Waals surface area (Å²) in [7, 11) is 0. The molecule has 2 N–H and O–H groups in total. The topological polar surface area (TPSA) is 117 Å². The van der Waals surface area contributed by atoms with Crippen molar-refractivity contribution in [2.45, 2.75) is 83.9 Å². The first-order valence-electron chi connectivity index (χ1n) is 15.7. The number of alkyl carbamates (subject to hydrolysis) is 1. The zero-order valence-electron chi connectivity index (χ0n) is 26.6. The van der Waals surface area contributed by atoms with Crippen LogP contribution in [0.4, 0.5) is 9.59 Å². The molecule has 10 heteroatoms. The van der Waals surface area contributed by atoms with Gasteiger partial charge in [-0.05, 0) is 82.6 Å². The number of ether oxygens (including phenoxy) is 2. The Morgan fingerprint density at radius 1 is 0.977 bits per heavy atom. The molecule has 0 aromatic heterocycles. The molecule has 0 bridgehead atoms. The number of nitrogens with one attached hydrogen (secondary N) is 2. The molecule has 238 valence electrons. The van der Waals surface area contributed by atoms with Crippen molar-refractivity contribution in [3.05, 3.63) is 59.7 Å². The van der Waals surface area contributed by atoms with Gasteiger partial charge in [-0.25, -0.2) is 9.59 Å². The maximum absolute atomic E-state index is 13.3. The van der Waals surface area contributed by atoms with Gasteiger partial charge in [-0.15, -0.1) is 0 Å². The Kier molecular flexibility index (Phi) is 10.9. The number of carbonyl (C=O) groups excluding carboxylic acids is 4. The predicted molar refractivity (Wildman–Crippen MR) is 168 cm³/mol. The van der Waals surface area contributed by atoms with Gasteiger partial charge in [0.05, 0.1) is 0 Å². The van der Waals surface area contributed by atoms with E-state index in [1.807, 2.05) is 38.1 Å². The summed E-state index contributed by atoms with van der Waals surface area (Å²) in [4.78, 5) is 55.1. The molecule has 1 fully saturated rings. The van der Waals surface area contributed by atoms with Gasteiger partial charge >= 0.3 is 12.2 Å². The first kappa shape index (κ1) is 32.8. The van der Waals surface area contributed by atoms with Crippen molar-refractivity contribution in [2.75, 3.05) is 32.8 Å². The number of carbonyl (C=O) groups is 4. The smallest absolute Gasteiger partial charge is 0.410 e. The molecule has 10 nitrogen and oxygen atoms in total. The Morgan fingerprint density at radius 2 is 1.59 bits per heavy atom. The normalized spacial score (nSPS) is 16.5. The van der Waals surface area contributed by atoms with E-state index in [0.717, 1.165) is 22.3 Å². The minimum absolute atomic E-state index is 0.0322. The Balaban J connectivity index is 1.31. The second-order valence-electron chi connectivity index (χ2n) is 12.3. The number of hydrogen-bond donors (Lipinski definition) is 2. The molecule has 0 saturated carbocycles. The van der Waals surface area contributed by atoms with Gasteiger partial charge in [0.15, 0.2) is 0 Å². The van der Waals surface area contributed by atoms with Crippen molar-refractivity contribution in [2.24, 2.45) is 0 Å². The van der Waals surface area contributed by atoms with Crippen LogP contribution in [0, 0.1) is 0 Å². The van der Waals surface area contributed by atoms with E-state index in [4.69, 9.17) is 9.47 Å². The van der Waals surface area contributed by atoms with Crippen LogP contribution in [0.2, 0.25) is 0 Å². The number of fused-ring (bicyclic) bond motifs is 3. The number of benzene rings is 2. The average molecular weight is 607 g/mol.